The zero-order valence-corrected chi connectivity index (χ0v) is 11.7. The number of carbonyl (C=O) groups is 1. The molecule has 0 spiro atoms. The molecule has 1 unspecified atom stereocenters. The van der Waals surface area contributed by atoms with Gasteiger partial charge >= 0.3 is 12.1 Å². The lowest BCUT2D eigenvalue weighted by atomic mass is 9.91. The number of piperidine rings is 1. The Balaban J connectivity index is 2.30. The number of halogens is 3. The van der Waals surface area contributed by atoms with E-state index >= 15 is 0 Å². The van der Waals surface area contributed by atoms with Crippen LogP contribution in [-0.2, 0) is 4.79 Å². The second-order valence-electron chi connectivity index (χ2n) is 5.58. The highest BCUT2D eigenvalue weighted by atomic mass is 19.4. The highest BCUT2D eigenvalue weighted by Crippen LogP contribution is 2.34. The Morgan fingerprint density at radius 3 is 2.30 bits per heavy atom. The summed E-state index contributed by atoms with van der Waals surface area (Å²) in [7, 11) is 0. The van der Waals surface area contributed by atoms with Crippen molar-refractivity contribution in [3.8, 4) is 0 Å². The number of likely N-dealkylation sites (tertiary alicyclic amines) is 1. The van der Waals surface area contributed by atoms with Crippen molar-refractivity contribution in [1.29, 1.82) is 0 Å². The number of hydrogen-bond donors (Lipinski definition) is 2. The van der Waals surface area contributed by atoms with Crippen LogP contribution >= 0.6 is 0 Å². The predicted octanol–water partition coefficient (Wildman–Crippen LogP) is 2.23. The third-order valence-electron chi connectivity index (χ3n) is 4.20. The van der Waals surface area contributed by atoms with Gasteiger partial charge in [0.25, 0.3) is 0 Å². The van der Waals surface area contributed by atoms with Gasteiger partial charge in [-0.15, -0.1) is 0 Å². The van der Waals surface area contributed by atoms with Crippen molar-refractivity contribution in [3.05, 3.63) is 0 Å². The predicted molar refractivity (Wildman–Crippen MR) is 69.3 cm³/mol. The zero-order chi connectivity index (χ0) is 15.4. The van der Waals surface area contributed by atoms with Gasteiger partial charge in [0.2, 0.25) is 0 Å². The molecule has 0 radical (unpaired) electrons. The van der Waals surface area contributed by atoms with E-state index in [0.29, 0.717) is 38.9 Å². The molecule has 1 heterocycles. The fraction of sp³-hybridized carbons (Fsp3) is 0.923. The molecule has 118 valence electrons. The maximum atomic E-state index is 12.5. The Morgan fingerprint density at radius 1 is 1.35 bits per heavy atom. The number of hydrogen-bond acceptors (Lipinski definition) is 3. The Kier molecular flexibility index (Phi) is 5.82. The maximum Gasteiger partial charge on any atom is 0.391 e. The molecule has 1 aliphatic rings. The van der Waals surface area contributed by atoms with Crippen molar-refractivity contribution in [3.63, 3.8) is 0 Å². The molecule has 1 aliphatic heterocycles. The molecule has 1 saturated heterocycles. The minimum absolute atomic E-state index is 0.129. The summed E-state index contributed by atoms with van der Waals surface area (Å²) in [6.07, 6.45) is -2.55. The van der Waals surface area contributed by atoms with E-state index < -0.39 is 23.6 Å². The third-order valence-corrected chi connectivity index (χ3v) is 4.20. The summed E-state index contributed by atoms with van der Waals surface area (Å²) in [6, 6.07) is 0. The molecule has 0 saturated carbocycles. The van der Waals surface area contributed by atoms with Crippen LogP contribution in [0.3, 0.4) is 0 Å². The molecule has 0 aromatic rings. The molecule has 3 N–H and O–H groups in total. The molecular formula is C13H23F3N2O2. The fourth-order valence-electron chi connectivity index (χ4n) is 2.54. The van der Waals surface area contributed by atoms with Crippen molar-refractivity contribution < 1.29 is 23.1 Å². The molecule has 0 amide bonds. The van der Waals surface area contributed by atoms with Gasteiger partial charge in [-0.25, -0.2) is 0 Å². The highest BCUT2D eigenvalue weighted by molar-refractivity contribution is 5.78. The maximum absolute atomic E-state index is 12.5. The number of alkyl halides is 3. The first-order valence-electron chi connectivity index (χ1n) is 7.00. The van der Waals surface area contributed by atoms with E-state index in [4.69, 9.17) is 10.8 Å². The molecule has 0 aromatic carbocycles. The van der Waals surface area contributed by atoms with Gasteiger partial charge in [-0.2, -0.15) is 13.2 Å². The second kappa shape index (κ2) is 6.76. The van der Waals surface area contributed by atoms with Crippen LogP contribution in [0.15, 0.2) is 0 Å². The van der Waals surface area contributed by atoms with Crippen LogP contribution < -0.4 is 5.73 Å². The van der Waals surface area contributed by atoms with E-state index in [1.165, 1.54) is 0 Å². The highest BCUT2D eigenvalue weighted by Gasteiger charge is 2.41. The van der Waals surface area contributed by atoms with E-state index in [1.54, 1.807) is 6.92 Å². The van der Waals surface area contributed by atoms with Crippen LogP contribution in [0.1, 0.15) is 39.0 Å². The monoisotopic (exact) mass is 296 g/mol. The molecule has 20 heavy (non-hydrogen) atoms. The molecule has 1 rings (SSSR count). The quantitative estimate of drug-likeness (QED) is 0.789. The number of aliphatic carboxylic acids is 1. The number of carboxylic acid groups (broad SMARTS) is 1. The summed E-state index contributed by atoms with van der Waals surface area (Å²) in [4.78, 5) is 13.0. The van der Waals surface area contributed by atoms with Gasteiger partial charge in [-0.1, -0.05) is 6.92 Å². The molecule has 1 fully saturated rings. The largest absolute Gasteiger partial charge is 0.480 e. The van der Waals surface area contributed by atoms with Gasteiger partial charge in [0.05, 0.1) is 5.92 Å². The Bertz CT molecular complexity index is 328. The number of carboxylic acids is 1. The van der Waals surface area contributed by atoms with Gasteiger partial charge in [-0.05, 0) is 51.7 Å². The smallest absolute Gasteiger partial charge is 0.391 e. The topological polar surface area (TPSA) is 66.6 Å². The standard InChI is InChI=1S/C13H23F3N2O2/c1-2-12(17,11(19)20)6-3-7-18-8-4-10(5-9-18)13(14,15)16/h10H,2-9,17H2,1H3,(H,19,20). The molecular weight excluding hydrogens is 273 g/mol. The first kappa shape index (κ1) is 17.2. The lowest BCUT2D eigenvalue weighted by Gasteiger charge is -2.33. The fourth-order valence-corrected chi connectivity index (χ4v) is 2.54. The van der Waals surface area contributed by atoms with E-state index in [2.05, 4.69) is 0 Å². The minimum Gasteiger partial charge on any atom is -0.480 e. The summed E-state index contributed by atoms with van der Waals surface area (Å²) >= 11 is 0. The van der Waals surface area contributed by atoms with Crippen molar-refractivity contribution in [2.45, 2.75) is 50.7 Å². The van der Waals surface area contributed by atoms with Crippen LogP contribution in [0.5, 0.6) is 0 Å². The van der Waals surface area contributed by atoms with E-state index in [0.717, 1.165) is 0 Å². The Hall–Kier alpha value is -0.820. The molecule has 4 nitrogen and oxygen atoms in total. The summed E-state index contributed by atoms with van der Waals surface area (Å²) < 4.78 is 37.5. The summed E-state index contributed by atoms with van der Waals surface area (Å²) in [5.41, 5.74) is 4.55. The molecule has 0 bridgehead atoms. The van der Waals surface area contributed by atoms with E-state index in [1.807, 2.05) is 4.90 Å². The van der Waals surface area contributed by atoms with Crippen LogP contribution in [0, 0.1) is 5.92 Å². The van der Waals surface area contributed by atoms with Gasteiger partial charge in [0.15, 0.2) is 0 Å². The van der Waals surface area contributed by atoms with Crippen molar-refractivity contribution >= 4 is 5.97 Å². The number of nitrogens with two attached hydrogens (primary N) is 1. The van der Waals surface area contributed by atoms with Crippen LogP contribution in [0.2, 0.25) is 0 Å². The van der Waals surface area contributed by atoms with Gasteiger partial charge in [0.1, 0.15) is 5.54 Å². The summed E-state index contributed by atoms with van der Waals surface area (Å²) in [5, 5.41) is 9.03. The van der Waals surface area contributed by atoms with Gasteiger partial charge < -0.3 is 15.7 Å². The van der Waals surface area contributed by atoms with Crippen molar-refractivity contribution in [1.82, 2.24) is 4.90 Å². The summed E-state index contributed by atoms with van der Waals surface area (Å²) in [6.45, 7) is 3.17. The van der Waals surface area contributed by atoms with Crippen LogP contribution in [0.4, 0.5) is 13.2 Å². The molecule has 0 aliphatic carbocycles. The zero-order valence-electron chi connectivity index (χ0n) is 11.7. The Labute approximate surface area is 117 Å². The molecule has 7 heteroatoms. The van der Waals surface area contributed by atoms with E-state index in [-0.39, 0.29) is 12.8 Å². The number of nitrogens with zero attached hydrogens (tertiary/aromatic N) is 1. The second-order valence-corrected chi connectivity index (χ2v) is 5.58. The lowest BCUT2D eigenvalue weighted by molar-refractivity contribution is -0.185. The Morgan fingerprint density at radius 2 is 1.90 bits per heavy atom. The van der Waals surface area contributed by atoms with Crippen molar-refractivity contribution in [2.24, 2.45) is 11.7 Å². The third kappa shape index (κ3) is 4.63. The van der Waals surface area contributed by atoms with Crippen molar-refractivity contribution in [2.75, 3.05) is 19.6 Å². The SMILES string of the molecule is CCC(N)(CCCN1CCC(C(F)(F)F)CC1)C(=O)O. The van der Waals surface area contributed by atoms with Gasteiger partial charge in [-0.3, -0.25) is 4.79 Å². The van der Waals surface area contributed by atoms with Crippen LogP contribution in [-0.4, -0.2) is 47.3 Å². The van der Waals surface area contributed by atoms with E-state index in [9.17, 15) is 18.0 Å². The molecule has 0 aromatic heterocycles. The first-order valence-corrected chi connectivity index (χ1v) is 7.00. The lowest BCUT2D eigenvalue weighted by Crippen LogP contribution is -2.48. The van der Waals surface area contributed by atoms with Gasteiger partial charge in [0, 0.05) is 0 Å². The molecule has 1 atom stereocenters. The average Bonchev–Trinajstić information content (AvgIpc) is 2.37. The van der Waals surface area contributed by atoms with Crippen LogP contribution in [0.25, 0.3) is 0 Å². The number of rotatable bonds is 6. The first-order chi connectivity index (χ1) is 9.19. The summed E-state index contributed by atoms with van der Waals surface area (Å²) in [5.74, 6) is -2.21. The minimum atomic E-state index is -4.09. The average molecular weight is 296 g/mol. The normalized spacial score (nSPS) is 21.6.